The van der Waals surface area contributed by atoms with Gasteiger partial charge >= 0.3 is 6.18 Å². The summed E-state index contributed by atoms with van der Waals surface area (Å²) in [6, 6.07) is 6.02. The van der Waals surface area contributed by atoms with E-state index in [-0.39, 0.29) is 48.5 Å². The zero-order chi connectivity index (χ0) is 19.9. The first-order valence-electron chi connectivity index (χ1n) is 7.80. The summed E-state index contributed by atoms with van der Waals surface area (Å²) in [6.07, 6.45) is -3.07. The molecule has 0 atom stereocenters. The number of hydrogen-bond donors (Lipinski definition) is 2. The predicted molar refractivity (Wildman–Crippen MR) is 105 cm³/mol. The standard InChI is InChI=1S/C17H17F5N4O.HI/c1-23-16(26-9-12-6-13(18)3-4-14(12)19)25-8-11-2-5-15(24-7-11)27-10-17(20,21)22;/h2-7H,8-10H2,1H3,(H2,23,25,26);1H. The number of nitrogens with one attached hydrogen (secondary N) is 2. The highest BCUT2D eigenvalue weighted by molar-refractivity contribution is 14.0. The van der Waals surface area contributed by atoms with Crippen molar-refractivity contribution in [2.45, 2.75) is 19.3 Å². The Hall–Kier alpha value is -2.18. The summed E-state index contributed by atoms with van der Waals surface area (Å²) in [7, 11) is 1.50. The average Bonchev–Trinajstić information content (AvgIpc) is 2.63. The maximum Gasteiger partial charge on any atom is 0.422 e. The molecule has 0 bridgehead atoms. The first-order chi connectivity index (χ1) is 12.8. The molecular weight excluding hydrogens is 498 g/mol. The normalized spacial score (nSPS) is 11.6. The Balaban J connectivity index is 0.00000392. The Morgan fingerprint density at radius 1 is 1.11 bits per heavy atom. The molecule has 0 aliphatic rings. The molecule has 2 aromatic rings. The van der Waals surface area contributed by atoms with E-state index in [2.05, 4.69) is 25.3 Å². The Bertz CT molecular complexity index is 784. The summed E-state index contributed by atoms with van der Waals surface area (Å²) in [5.41, 5.74) is 0.806. The summed E-state index contributed by atoms with van der Waals surface area (Å²) in [5.74, 6) is -0.899. The van der Waals surface area contributed by atoms with E-state index < -0.39 is 24.4 Å². The first kappa shape index (κ1) is 23.9. The van der Waals surface area contributed by atoms with Gasteiger partial charge in [0.1, 0.15) is 11.6 Å². The summed E-state index contributed by atoms with van der Waals surface area (Å²) in [4.78, 5) is 7.74. The number of pyridine rings is 1. The van der Waals surface area contributed by atoms with Crippen molar-refractivity contribution >= 4 is 29.9 Å². The Kier molecular flexibility index (Phi) is 9.35. The third-order valence-corrected chi connectivity index (χ3v) is 3.32. The lowest BCUT2D eigenvalue weighted by Crippen LogP contribution is -2.36. The van der Waals surface area contributed by atoms with E-state index in [1.807, 2.05) is 0 Å². The van der Waals surface area contributed by atoms with Gasteiger partial charge < -0.3 is 15.4 Å². The van der Waals surface area contributed by atoms with Gasteiger partial charge in [-0.15, -0.1) is 24.0 Å². The molecule has 1 heterocycles. The van der Waals surface area contributed by atoms with Crippen LogP contribution in [0.5, 0.6) is 5.88 Å². The van der Waals surface area contributed by atoms with E-state index in [0.717, 1.165) is 18.2 Å². The largest absolute Gasteiger partial charge is 0.468 e. The number of hydrogen-bond acceptors (Lipinski definition) is 3. The molecule has 0 spiro atoms. The van der Waals surface area contributed by atoms with Gasteiger partial charge in [0.2, 0.25) is 5.88 Å². The quantitative estimate of drug-likeness (QED) is 0.266. The van der Waals surface area contributed by atoms with Crippen molar-refractivity contribution in [3.8, 4) is 5.88 Å². The lowest BCUT2D eigenvalue weighted by molar-refractivity contribution is -0.154. The van der Waals surface area contributed by atoms with Crippen LogP contribution in [0.1, 0.15) is 11.1 Å². The Morgan fingerprint density at radius 2 is 1.82 bits per heavy atom. The molecule has 2 rings (SSSR count). The van der Waals surface area contributed by atoms with Crippen LogP contribution in [-0.4, -0.2) is 30.8 Å². The molecule has 11 heteroatoms. The molecule has 0 aliphatic carbocycles. The summed E-state index contributed by atoms with van der Waals surface area (Å²) >= 11 is 0. The van der Waals surface area contributed by atoms with Crippen LogP contribution in [0.15, 0.2) is 41.5 Å². The van der Waals surface area contributed by atoms with Crippen molar-refractivity contribution in [2.24, 2.45) is 4.99 Å². The van der Waals surface area contributed by atoms with Crippen molar-refractivity contribution in [3.05, 3.63) is 59.3 Å². The minimum Gasteiger partial charge on any atom is -0.468 e. The van der Waals surface area contributed by atoms with Crippen LogP contribution in [-0.2, 0) is 13.1 Å². The van der Waals surface area contributed by atoms with E-state index in [1.165, 1.54) is 19.3 Å². The minimum atomic E-state index is -4.43. The highest BCUT2D eigenvalue weighted by Crippen LogP contribution is 2.17. The van der Waals surface area contributed by atoms with E-state index in [1.54, 1.807) is 6.07 Å². The van der Waals surface area contributed by atoms with E-state index in [0.29, 0.717) is 11.5 Å². The average molecular weight is 516 g/mol. The molecule has 0 aliphatic heterocycles. The van der Waals surface area contributed by atoms with Gasteiger partial charge in [0.15, 0.2) is 12.6 Å². The SMILES string of the molecule is CN=C(NCc1ccc(OCC(F)(F)F)nc1)NCc1cc(F)ccc1F.I. The van der Waals surface area contributed by atoms with Crippen LogP contribution in [0.25, 0.3) is 0 Å². The number of alkyl halides is 3. The Labute approximate surface area is 175 Å². The van der Waals surface area contributed by atoms with Gasteiger partial charge in [0.05, 0.1) is 0 Å². The number of benzene rings is 1. The number of nitrogens with zero attached hydrogens (tertiary/aromatic N) is 2. The maximum absolute atomic E-state index is 13.6. The van der Waals surface area contributed by atoms with Crippen LogP contribution in [0.3, 0.4) is 0 Å². The topological polar surface area (TPSA) is 58.5 Å². The van der Waals surface area contributed by atoms with Crippen molar-refractivity contribution in [3.63, 3.8) is 0 Å². The van der Waals surface area contributed by atoms with Gasteiger partial charge in [-0.05, 0) is 23.8 Å². The van der Waals surface area contributed by atoms with E-state index in [9.17, 15) is 22.0 Å². The summed E-state index contributed by atoms with van der Waals surface area (Å²) in [6.45, 7) is -1.13. The second-order valence-electron chi connectivity index (χ2n) is 5.42. The summed E-state index contributed by atoms with van der Waals surface area (Å²) < 4.78 is 67.5. The van der Waals surface area contributed by atoms with Crippen molar-refractivity contribution in [2.75, 3.05) is 13.7 Å². The van der Waals surface area contributed by atoms with Crippen molar-refractivity contribution in [1.82, 2.24) is 15.6 Å². The molecule has 5 nitrogen and oxygen atoms in total. The van der Waals surface area contributed by atoms with Crippen LogP contribution in [0, 0.1) is 11.6 Å². The van der Waals surface area contributed by atoms with Crippen LogP contribution < -0.4 is 15.4 Å². The second-order valence-corrected chi connectivity index (χ2v) is 5.42. The van der Waals surface area contributed by atoms with Gasteiger partial charge in [0, 0.05) is 38.0 Å². The lowest BCUT2D eigenvalue weighted by atomic mass is 10.2. The maximum atomic E-state index is 13.6. The van der Waals surface area contributed by atoms with Crippen molar-refractivity contribution in [1.29, 1.82) is 0 Å². The zero-order valence-corrected chi connectivity index (χ0v) is 17.0. The molecule has 0 unspecified atom stereocenters. The molecule has 1 aromatic heterocycles. The number of halogens is 6. The van der Waals surface area contributed by atoms with Crippen LogP contribution in [0.4, 0.5) is 22.0 Å². The predicted octanol–water partition coefficient (Wildman–Crippen LogP) is 3.78. The summed E-state index contributed by atoms with van der Waals surface area (Å²) in [5, 5.41) is 5.76. The fourth-order valence-electron chi connectivity index (χ4n) is 2.02. The number of guanidine groups is 1. The third-order valence-electron chi connectivity index (χ3n) is 3.32. The highest BCUT2D eigenvalue weighted by Gasteiger charge is 2.28. The smallest absolute Gasteiger partial charge is 0.422 e. The van der Waals surface area contributed by atoms with Gasteiger partial charge in [-0.3, -0.25) is 4.99 Å². The minimum absolute atomic E-state index is 0. The highest BCUT2D eigenvalue weighted by atomic mass is 127. The van der Waals surface area contributed by atoms with Gasteiger partial charge in [-0.2, -0.15) is 13.2 Å². The number of rotatable bonds is 6. The molecule has 0 fully saturated rings. The molecule has 154 valence electrons. The fraction of sp³-hybridized carbons (Fsp3) is 0.294. The monoisotopic (exact) mass is 516 g/mol. The van der Waals surface area contributed by atoms with Crippen molar-refractivity contribution < 1.29 is 26.7 Å². The van der Waals surface area contributed by atoms with E-state index >= 15 is 0 Å². The zero-order valence-electron chi connectivity index (χ0n) is 14.7. The van der Waals surface area contributed by atoms with Gasteiger partial charge in [0.25, 0.3) is 0 Å². The fourth-order valence-corrected chi connectivity index (χ4v) is 2.02. The molecular formula is C17H18F5IN4O. The molecule has 2 N–H and O–H groups in total. The third kappa shape index (κ3) is 8.23. The molecule has 0 radical (unpaired) electrons. The Morgan fingerprint density at radius 3 is 2.43 bits per heavy atom. The molecule has 0 amide bonds. The van der Waals surface area contributed by atoms with Crippen LogP contribution in [0.2, 0.25) is 0 Å². The number of ether oxygens (including phenoxy) is 1. The number of aromatic nitrogens is 1. The lowest BCUT2D eigenvalue weighted by Gasteiger charge is -2.13. The molecule has 1 aromatic carbocycles. The van der Waals surface area contributed by atoms with Crippen LogP contribution >= 0.6 is 24.0 Å². The molecule has 28 heavy (non-hydrogen) atoms. The van der Waals surface area contributed by atoms with E-state index in [4.69, 9.17) is 0 Å². The first-order valence-corrected chi connectivity index (χ1v) is 7.80. The molecule has 0 saturated carbocycles. The number of aliphatic imine (C=N–C) groups is 1. The molecule has 0 saturated heterocycles. The second kappa shape index (κ2) is 11.0. The van der Waals surface area contributed by atoms with Gasteiger partial charge in [-0.1, -0.05) is 6.07 Å². The van der Waals surface area contributed by atoms with Gasteiger partial charge in [-0.25, -0.2) is 13.8 Å².